The number of aromatic hydroxyl groups is 1. The zero-order valence-corrected chi connectivity index (χ0v) is 18.0. The number of rotatable bonds is 4. The van der Waals surface area contributed by atoms with Gasteiger partial charge >= 0.3 is 0 Å². The van der Waals surface area contributed by atoms with Crippen LogP contribution in [0.25, 0.3) is 11.4 Å². The Morgan fingerprint density at radius 3 is 2.69 bits per heavy atom. The normalized spacial score (nSPS) is 17.2. The summed E-state index contributed by atoms with van der Waals surface area (Å²) < 4.78 is 6.34. The van der Waals surface area contributed by atoms with Gasteiger partial charge in [0.1, 0.15) is 11.4 Å². The minimum absolute atomic E-state index is 0.145. The van der Waals surface area contributed by atoms with Crippen LogP contribution in [0.5, 0.6) is 5.75 Å². The quantitative estimate of drug-likeness (QED) is 0.681. The summed E-state index contributed by atoms with van der Waals surface area (Å²) in [5.41, 5.74) is 3.67. The van der Waals surface area contributed by atoms with Gasteiger partial charge < -0.3 is 14.7 Å². The third kappa shape index (κ3) is 4.10. The third-order valence-corrected chi connectivity index (χ3v) is 6.54. The van der Waals surface area contributed by atoms with Gasteiger partial charge in [-0.2, -0.15) is 0 Å². The number of fused-ring (bicyclic) bond motifs is 2. The minimum atomic E-state index is -0.442. The van der Waals surface area contributed by atoms with Crippen molar-refractivity contribution in [3.63, 3.8) is 0 Å². The molecule has 0 atom stereocenters. The van der Waals surface area contributed by atoms with Crippen molar-refractivity contribution in [2.45, 2.75) is 37.7 Å². The van der Waals surface area contributed by atoms with Crippen LogP contribution in [0.4, 0.5) is 0 Å². The van der Waals surface area contributed by atoms with Gasteiger partial charge in [0.25, 0.3) is 0 Å². The third-order valence-electron chi connectivity index (χ3n) is 6.54. The van der Waals surface area contributed by atoms with Crippen LogP contribution in [-0.4, -0.2) is 45.6 Å². The Morgan fingerprint density at radius 2 is 1.91 bits per heavy atom. The summed E-state index contributed by atoms with van der Waals surface area (Å²) in [5.74, 6) is 1.10. The average molecular weight is 430 g/mol. The van der Waals surface area contributed by atoms with E-state index in [0.29, 0.717) is 32.5 Å². The predicted molar refractivity (Wildman–Crippen MR) is 121 cm³/mol. The van der Waals surface area contributed by atoms with Gasteiger partial charge in [-0.1, -0.05) is 42.5 Å². The van der Waals surface area contributed by atoms with Crippen molar-refractivity contribution in [1.82, 2.24) is 14.9 Å². The molecule has 1 amide bonds. The zero-order valence-electron chi connectivity index (χ0n) is 18.0. The van der Waals surface area contributed by atoms with Crippen LogP contribution in [0.2, 0.25) is 0 Å². The lowest BCUT2D eigenvalue weighted by atomic mass is 9.83. The first-order valence-corrected chi connectivity index (χ1v) is 11.2. The van der Waals surface area contributed by atoms with Gasteiger partial charge in [0.05, 0.1) is 12.3 Å². The second kappa shape index (κ2) is 8.71. The summed E-state index contributed by atoms with van der Waals surface area (Å²) in [6.07, 6.45) is 5.31. The molecule has 1 spiro atoms. The highest BCUT2D eigenvalue weighted by Gasteiger charge is 2.43. The fourth-order valence-electron chi connectivity index (χ4n) is 4.76. The van der Waals surface area contributed by atoms with Crippen molar-refractivity contribution in [3.8, 4) is 17.1 Å². The number of amides is 1. The monoisotopic (exact) mass is 429 g/mol. The van der Waals surface area contributed by atoms with Gasteiger partial charge in [0.2, 0.25) is 5.91 Å². The minimum Gasteiger partial charge on any atom is -0.508 e. The molecule has 5 rings (SSSR count). The second-order valence-electron chi connectivity index (χ2n) is 8.58. The van der Waals surface area contributed by atoms with E-state index in [0.717, 1.165) is 47.5 Å². The molecule has 1 saturated heterocycles. The average Bonchev–Trinajstić information content (AvgIpc) is 2.84. The molecule has 32 heavy (non-hydrogen) atoms. The van der Waals surface area contributed by atoms with Gasteiger partial charge in [-0.05, 0) is 48.9 Å². The SMILES string of the molecule is O=C(CCc1cccc(O)c1)N1CCC2(CC1)OCCc1cnc(-c3ccccc3)nc12. The molecule has 1 aromatic heterocycles. The van der Waals surface area contributed by atoms with Crippen molar-refractivity contribution in [1.29, 1.82) is 0 Å². The van der Waals surface area contributed by atoms with E-state index in [1.54, 1.807) is 12.1 Å². The molecule has 164 valence electrons. The summed E-state index contributed by atoms with van der Waals surface area (Å²) >= 11 is 0. The smallest absolute Gasteiger partial charge is 0.222 e. The van der Waals surface area contributed by atoms with Crippen LogP contribution in [-0.2, 0) is 28.0 Å². The lowest BCUT2D eigenvalue weighted by molar-refractivity contribution is -0.141. The Hall–Kier alpha value is -3.25. The number of aryl methyl sites for hydroxylation is 1. The zero-order chi connectivity index (χ0) is 22.0. The molecule has 0 aliphatic carbocycles. The molecule has 2 aromatic carbocycles. The van der Waals surface area contributed by atoms with Gasteiger partial charge in [-0.25, -0.2) is 9.97 Å². The summed E-state index contributed by atoms with van der Waals surface area (Å²) in [6, 6.07) is 17.1. The lowest BCUT2D eigenvalue weighted by Crippen LogP contribution is -2.49. The molecule has 3 heterocycles. The highest BCUT2D eigenvalue weighted by Crippen LogP contribution is 2.41. The maximum absolute atomic E-state index is 12.8. The fraction of sp³-hybridized carbons (Fsp3) is 0.346. The Morgan fingerprint density at radius 1 is 1.09 bits per heavy atom. The van der Waals surface area contributed by atoms with Crippen molar-refractivity contribution in [2.24, 2.45) is 0 Å². The van der Waals surface area contributed by atoms with Crippen molar-refractivity contribution in [2.75, 3.05) is 19.7 Å². The molecule has 1 N–H and O–H groups in total. The number of likely N-dealkylation sites (tertiary alicyclic amines) is 1. The molecule has 0 saturated carbocycles. The summed E-state index contributed by atoms with van der Waals surface area (Å²) in [5, 5.41) is 9.62. The lowest BCUT2D eigenvalue weighted by Gasteiger charge is -2.44. The first-order valence-electron chi connectivity index (χ1n) is 11.2. The summed E-state index contributed by atoms with van der Waals surface area (Å²) in [7, 11) is 0. The van der Waals surface area contributed by atoms with Crippen molar-refractivity contribution >= 4 is 5.91 Å². The Labute approximate surface area is 187 Å². The molecule has 0 bridgehead atoms. The number of benzene rings is 2. The number of carbonyl (C=O) groups excluding carboxylic acids is 1. The van der Waals surface area contributed by atoms with E-state index in [2.05, 4.69) is 4.98 Å². The number of carbonyl (C=O) groups is 1. The van der Waals surface area contributed by atoms with E-state index in [1.165, 1.54) is 0 Å². The van der Waals surface area contributed by atoms with Crippen molar-refractivity contribution < 1.29 is 14.6 Å². The molecular formula is C26H27N3O3. The highest BCUT2D eigenvalue weighted by molar-refractivity contribution is 5.76. The second-order valence-corrected chi connectivity index (χ2v) is 8.58. The fourth-order valence-corrected chi connectivity index (χ4v) is 4.76. The number of nitrogens with zero attached hydrogens (tertiary/aromatic N) is 3. The number of piperidine rings is 1. The largest absolute Gasteiger partial charge is 0.508 e. The molecule has 0 unspecified atom stereocenters. The van der Waals surface area contributed by atoms with E-state index in [-0.39, 0.29) is 11.7 Å². The highest BCUT2D eigenvalue weighted by atomic mass is 16.5. The molecule has 6 heteroatoms. The van der Waals surface area contributed by atoms with E-state index in [4.69, 9.17) is 9.72 Å². The molecular weight excluding hydrogens is 402 g/mol. The first kappa shape index (κ1) is 20.6. The van der Waals surface area contributed by atoms with Crippen LogP contribution in [0.3, 0.4) is 0 Å². The van der Waals surface area contributed by atoms with Crippen LogP contribution in [0.15, 0.2) is 60.8 Å². The Bertz CT molecular complexity index is 1110. The van der Waals surface area contributed by atoms with Gasteiger partial charge in [-0.15, -0.1) is 0 Å². The molecule has 2 aliphatic heterocycles. The molecule has 0 radical (unpaired) electrons. The summed E-state index contributed by atoms with van der Waals surface area (Å²) in [4.78, 5) is 24.3. The topological polar surface area (TPSA) is 75.5 Å². The predicted octanol–water partition coefficient (Wildman–Crippen LogP) is 3.87. The first-order chi connectivity index (χ1) is 15.6. The number of hydrogen-bond donors (Lipinski definition) is 1. The van der Waals surface area contributed by atoms with E-state index >= 15 is 0 Å². The van der Waals surface area contributed by atoms with Gasteiger partial charge in [0.15, 0.2) is 5.82 Å². The summed E-state index contributed by atoms with van der Waals surface area (Å²) in [6.45, 7) is 1.97. The Kier molecular flexibility index (Phi) is 5.62. The molecule has 2 aliphatic rings. The maximum Gasteiger partial charge on any atom is 0.222 e. The number of phenolic OH excluding ortho intramolecular Hbond substituents is 1. The van der Waals surface area contributed by atoms with E-state index in [9.17, 15) is 9.90 Å². The molecule has 1 fully saturated rings. The molecule has 6 nitrogen and oxygen atoms in total. The Balaban J connectivity index is 1.29. The maximum atomic E-state index is 12.8. The number of hydrogen-bond acceptors (Lipinski definition) is 5. The van der Waals surface area contributed by atoms with Crippen LogP contribution < -0.4 is 0 Å². The van der Waals surface area contributed by atoms with E-state index in [1.807, 2.05) is 53.6 Å². The number of phenols is 1. The molecule has 3 aromatic rings. The van der Waals surface area contributed by atoms with Gasteiger partial charge in [-0.3, -0.25) is 4.79 Å². The van der Waals surface area contributed by atoms with Gasteiger partial charge in [0, 0.05) is 31.3 Å². The van der Waals surface area contributed by atoms with Crippen LogP contribution >= 0.6 is 0 Å². The van der Waals surface area contributed by atoms with Crippen LogP contribution in [0.1, 0.15) is 36.1 Å². The standard InChI is InChI=1S/C26H27N3O3/c30-22-8-4-5-19(17-22)9-10-23(31)29-14-12-26(13-15-29)24-21(11-16-32-26)18-27-25(28-24)20-6-2-1-3-7-20/h1-8,17-18,30H,9-16H2. The van der Waals surface area contributed by atoms with Crippen molar-refractivity contribution in [3.05, 3.63) is 77.6 Å². The number of ether oxygens (including phenoxy) is 1. The van der Waals surface area contributed by atoms with E-state index < -0.39 is 5.60 Å². The van der Waals surface area contributed by atoms with Crippen LogP contribution in [0, 0.1) is 0 Å². The number of aromatic nitrogens is 2.